The Balaban J connectivity index is 2.41. The fourth-order valence-corrected chi connectivity index (χ4v) is 1.90. The maximum absolute atomic E-state index is 11.7. The van der Waals surface area contributed by atoms with E-state index in [1.165, 1.54) is 0 Å². The lowest BCUT2D eigenvalue weighted by Crippen LogP contribution is -2.35. The molecule has 0 aromatic carbocycles. The highest BCUT2D eigenvalue weighted by atomic mass is 16.6. The van der Waals surface area contributed by atoms with Crippen molar-refractivity contribution in [3.05, 3.63) is 0 Å². The van der Waals surface area contributed by atoms with E-state index in [9.17, 15) is 9.59 Å². The highest BCUT2D eigenvalue weighted by Crippen LogP contribution is 2.21. The summed E-state index contributed by atoms with van der Waals surface area (Å²) in [7, 11) is 0. The fourth-order valence-electron chi connectivity index (χ4n) is 1.90. The summed E-state index contributed by atoms with van der Waals surface area (Å²) in [5.74, 6) is 0.501. The molecule has 92 valence electrons. The van der Waals surface area contributed by atoms with Gasteiger partial charge in [-0.1, -0.05) is 0 Å². The number of carbonyl (C=O) groups excluding carboxylic acids is 2. The van der Waals surface area contributed by atoms with Gasteiger partial charge in [0.05, 0.1) is 0 Å². The van der Waals surface area contributed by atoms with E-state index < -0.39 is 5.60 Å². The van der Waals surface area contributed by atoms with Crippen molar-refractivity contribution in [3.63, 3.8) is 0 Å². The van der Waals surface area contributed by atoms with Crippen molar-refractivity contribution in [3.8, 4) is 0 Å². The van der Waals surface area contributed by atoms with Gasteiger partial charge in [0.1, 0.15) is 11.4 Å². The van der Waals surface area contributed by atoms with E-state index >= 15 is 0 Å². The summed E-state index contributed by atoms with van der Waals surface area (Å²) in [6, 6.07) is 0. The van der Waals surface area contributed by atoms with Crippen LogP contribution < -0.4 is 0 Å². The minimum atomic E-state index is -0.449. The third-order valence-corrected chi connectivity index (χ3v) is 2.51. The van der Waals surface area contributed by atoms with Crippen LogP contribution in [0.3, 0.4) is 0 Å². The van der Waals surface area contributed by atoms with Crippen LogP contribution in [-0.4, -0.2) is 35.5 Å². The Hall–Kier alpha value is -1.06. The van der Waals surface area contributed by atoms with Gasteiger partial charge < -0.3 is 14.4 Å². The quantitative estimate of drug-likeness (QED) is 0.726. The van der Waals surface area contributed by atoms with E-state index in [0.717, 1.165) is 6.42 Å². The Morgan fingerprint density at radius 2 is 2.00 bits per heavy atom. The topological polar surface area (TPSA) is 46.6 Å². The van der Waals surface area contributed by atoms with E-state index in [1.54, 1.807) is 11.8 Å². The first kappa shape index (κ1) is 13.0. The molecule has 1 fully saturated rings. The highest BCUT2D eigenvalue weighted by molar-refractivity contribution is 5.76. The molecule has 1 heterocycles. The molecule has 1 rings (SSSR count). The molecule has 0 N–H and O–H groups in total. The van der Waals surface area contributed by atoms with Gasteiger partial charge in [0.2, 0.25) is 0 Å². The summed E-state index contributed by atoms with van der Waals surface area (Å²) in [4.78, 5) is 24.4. The number of ketones is 1. The van der Waals surface area contributed by atoms with Crippen LogP contribution >= 0.6 is 0 Å². The Kier molecular flexibility index (Phi) is 3.94. The molecule has 4 nitrogen and oxygen atoms in total. The summed E-state index contributed by atoms with van der Waals surface area (Å²) in [6.45, 7) is 8.51. The second-order valence-electron chi connectivity index (χ2n) is 5.49. The molecule has 1 aliphatic rings. The number of ether oxygens (including phenoxy) is 1. The summed E-state index contributed by atoms with van der Waals surface area (Å²) in [6.07, 6.45) is 1.21. The van der Waals surface area contributed by atoms with Crippen LogP contribution in [0, 0.1) is 5.92 Å². The molecule has 1 saturated heterocycles. The van der Waals surface area contributed by atoms with E-state index in [1.807, 2.05) is 20.8 Å². The number of Topliss-reactive ketones (excluding diaryl/α,β-unsaturated/α-hetero) is 1. The fraction of sp³-hybridized carbons (Fsp3) is 0.833. The molecule has 0 unspecified atom stereocenters. The minimum absolute atomic E-state index is 0.191. The smallest absolute Gasteiger partial charge is 0.410 e. The molecule has 1 aliphatic heterocycles. The van der Waals surface area contributed by atoms with Crippen LogP contribution in [-0.2, 0) is 9.53 Å². The largest absolute Gasteiger partial charge is 0.444 e. The van der Waals surface area contributed by atoms with Crippen molar-refractivity contribution in [2.24, 2.45) is 5.92 Å². The third-order valence-electron chi connectivity index (χ3n) is 2.51. The first-order valence-corrected chi connectivity index (χ1v) is 5.75. The normalized spacial score (nSPS) is 21.0. The predicted molar refractivity (Wildman–Crippen MR) is 61.2 cm³/mol. The monoisotopic (exact) mass is 227 g/mol. The molecule has 0 bridgehead atoms. The van der Waals surface area contributed by atoms with Crippen molar-refractivity contribution in [2.45, 2.75) is 46.1 Å². The van der Waals surface area contributed by atoms with Crippen LogP contribution in [0.4, 0.5) is 4.79 Å². The summed E-state index contributed by atoms with van der Waals surface area (Å²) in [5, 5.41) is 0. The Morgan fingerprint density at radius 3 is 2.50 bits per heavy atom. The molecule has 4 heteroatoms. The molecule has 16 heavy (non-hydrogen) atoms. The van der Waals surface area contributed by atoms with Crippen LogP contribution in [0.2, 0.25) is 0 Å². The first-order valence-electron chi connectivity index (χ1n) is 5.75. The van der Waals surface area contributed by atoms with Gasteiger partial charge >= 0.3 is 6.09 Å². The number of hydrogen-bond donors (Lipinski definition) is 0. The molecule has 0 spiro atoms. The lowest BCUT2D eigenvalue weighted by molar-refractivity contribution is -0.117. The summed E-state index contributed by atoms with van der Waals surface area (Å²) in [5.41, 5.74) is -0.449. The van der Waals surface area contributed by atoms with Crippen LogP contribution in [0.25, 0.3) is 0 Å². The van der Waals surface area contributed by atoms with Gasteiger partial charge in [-0.25, -0.2) is 4.79 Å². The van der Waals surface area contributed by atoms with Gasteiger partial charge in [-0.15, -0.1) is 0 Å². The number of amides is 1. The van der Waals surface area contributed by atoms with Crippen molar-refractivity contribution < 1.29 is 14.3 Å². The maximum atomic E-state index is 11.7. The zero-order chi connectivity index (χ0) is 12.3. The minimum Gasteiger partial charge on any atom is -0.444 e. The van der Waals surface area contributed by atoms with Crippen molar-refractivity contribution in [1.29, 1.82) is 0 Å². The van der Waals surface area contributed by atoms with E-state index in [2.05, 4.69) is 0 Å². The maximum Gasteiger partial charge on any atom is 0.410 e. The molecule has 0 radical (unpaired) electrons. The number of likely N-dealkylation sites (tertiary alicyclic amines) is 1. The average molecular weight is 227 g/mol. The van der Waals surface area contributed by atoms with E-state index in [4.69, 9.17) is 4.74 Å². The van der Waals surface area contributed by atoms with Gasteiger partial charge in [0.25, 0.3) is 0 Å². The van der Waals surface area contributed by atoms with E-state index in [0.29, 0.717) is 25.4 Å². The Labute approximate surface area is 96.9 Å². The van der Waals surface area contributed by atoms with Crippen LogP contribution in [0.1, 0.15) is 40.5 Å². The summed E-state index contributed by atoms with van der Waals surface area (Å²) >= 11 is 0. The van der Waals surface area contributed by atoms with E-state index in [-0.39, 0.29) is 11.9 Å². The average Bonchev–Trinajstić information content (AvgIpc) is 2.48. The lowest BCUT2D eigenvalue weighted by Gasteiger charge is -2.24. The molecule has 0 aliphatic carbocycles. The van der Waals surface area contributed by atoms with Gasteiger partial charge in [-0.3, -0.25) is 0 Å². The number of rotatable bonds is 2. The van der Waals surface area contributed by atoms with Crippen molar-refractivity contribution in [2.75, 3.05) is 13.1 Å². The molecule has 1 amide bonds. The zero-order valence-corrected chi connectivity index (χ0v) is 10.6. The summed E-state index contributed by atoms with van der Waals surface area (Å²) < 4.78 is 5.28. The highest BCUT2D eigenvalue weighted by Gasteiger charge is 2.29. The second kappa shape index (κ2) is 4.85. The third kappa shape index (κ3) is 4.21. The lowest BCUT2D eigenvalue weighted by atomic mass is 10.0. The Bertz CT molecular complexity index is 280. The standard InChI is InChI=1S/C12H21NO3/c1-9(14)7-10-5-6-13(8-10)11(15)16-12(2,3)4/h10H,5-8H2,1-4H3/t10-/m1/s1. The second-order valence-corrected chi connectivity index (χ2v) is 5.49. The van der Waals surface area contributed by atoms with Crippen LogP contribution in [0.15, 0.2) is 0 Å². The van der Waals surface area contributed by atoms with Gasteiger partial charge in [-0.05, 0) is 40.0 Å². The Morgan fingerprint density at radius 1 is 1.38 bits per heavy atom. The van der Waals surface area contributed by atoms with Gasteiger partial charge in [-0.2, -0.15) is 0 Å². The molecule has 0 aromatic rings. The van der Waals surface area contributed by atoms with Crippen molar-refractivity contribution in [1.82, 2.24) is 4.90 Å². The molecule has 0 aromatic heterocycles. The molecular formula is C12H21NO3. The number of nitrogens with zero attached hydrogens (tertiary/aromatic N) is 1. The van der Waals surface area contributed by atoms with Gasteiger partial charge in [0.15, 0.2) is 0 Å². The number of carbonyl (C=O) groups is 2. The predicted octanol–water partition coefficient (Wildman–Crippen LogP) is 2.22. The molecule has 0 saturated carbocycles. The molecule has 1 atom stereocenters. The number of hydrogen-bond acceptors (Lipinski definition) is 3. The SMILES string of the molecule is CC(=O)C[C@H]1CCN(C(=O)OC(C)(C)C)C1. The zero-order valence-electron chi connectivity index (χ0n) is 10.6. The van der Waals surface area contributed by atoms with Crippen molar-refractivity contribution >= 4 is 11.9 Å². The van der Waals surface area contributed by atoms with Crippen LogP contribution in [0.5, 0.6) is 0 Å². The molecular weight excluding hydrogens is 206 g/mol. The first-order chi connectivity index (χ1) is 7.28. The van der Waals surface area contributed by atoms with Gasteiger partial charge in [0, 0.05) is 19.5 Å².